The van der Waals surface area contributed by atoms with Crippen molar-refractivity contribution in [2.24, 2.45) is 23.5 Å². The molecule has 8 amide bonds. The van der Waals surface area contributed by atoms with Crippen LogP contribution < -0.4 is 32.3 Å². The summed E-state index contributed by atoms with van der Waals surface area (Å²) in [7, 11) is 0. The van der Waals surface area contributed by atoms with Crippen LogP contribution in [0.3, 0.4) is 0 Å². The van der Waals surface area contributed by atoms with E-state index >= 15 is 0 Å². The Morgan fingerprint density at radius 2 is 1.32 bits per heavy atom. The maximum Gasteiger partial charge on any atom is 0.246 e. The third-order valence-corrected chi connectivity index (χ3v) is 11.3. The van der Waals surface area contributed by atoms with E-state index in [0.717, 1.165) is 0 Å². The Kier molecular flexibility index (Phi) is 19.7. The van der Waals surface area contributed by atoms with Crippen LogP contribution in [0.25, 0.3) is 0 Å². The van der Waals surface area contributed by atoms with Gasteiger partial charge in [-0.15, -0.1) is 0 Å². The number of carbonyl (C=O) groups is 8. The summed E-state index contributed by atoms with van der Waals surface area (Å²) in [6.45, 7) is 11.8. The number of rotatable bonds is 21. The standard InChI is InChI=1S/C35H61N8O10PS2/c1-8-20(5)28(40-30(46)24(38-22(7)44)18-53-54(52,55)56)33(49)41-29(21(6)9-2)35(51)43-15-11-13-26(43)32(48)39-23(16-19(3)4)34(50)42-14-10-12-25(42)31(47)37-17-27(36)45/h19-21,23-26,28-29H,8-18H2,1-7H3,(H2,36,45)(H,37,47)(H,38,44)(H,39,48)(H,40,46)(H,41,49)(H2,52,55,56)/t20-,21-,23-,24-,25-,26-,28-,29-/m0/s1. The monoisotopic (exact) mass is 848 g/mol. The van der Waals surface area contributed by atoms with Crippen LogP contribution in [0.5, 0.6) is 0 Å². The van der Waals surface area contributed by atoms with Crippen molar-refractivity contribution in [2.75, 3.05) is 26.2 Å². The minimum absolute atomic E-state index is 0.0188. The number of hydrogen-bond acceptors (Lipinski definition) is 10. The number of primary amides is 1. The summed E-state index contributed by atoms with van der Waals surface area (Å²) in [4.78, 5) is 118. The Morgan fingerprint density at radius 3 is 1.82 bits per heavy atom. The molecule has 21 heteroatoms. The molecular weight excluding hydrogens is 788 g/mol. The first-order chi connectivity index (χ1) is 26.1. The second-order valence-corrected chi connectivity index (χ2v) is 20.2. The highest BCUT2D eigenvalue weighted by Crippen LogP contribution is 2.47. The molecule has 0 radical (unpaired) electrons. The molecule has 0 bridgehead atoms. The molecule has 56 heavy (non-hydrogen) atoms. The average molecular weight is 849 g/mol. The fourth-order valence-electron chi connectivity index (χ4n) is 6.72. The molecule has 0 spiro atoms. The summed E-state index contributed by atoms with van der Waals surface area (Å²) in [5.74, 6) is -5.55. The minimum Gasteiger partial charge on any atom is -0.368 e. The number of hydrogen-bond donors (Lipinski definition) is 8. The minimum atomic E-state index is -3.48. The largest absolute Gasteiger partial charge is 0.368 e. The van der Waals surface area contributed by atoms with Crippen LogP contribution in [-0.4, -0.2) is 124 Å². The molecule has 9 atom stereocenters. The maximum atomic E-state index is 14.3. The summed E-state index contributed by atoms with van der Waals surface area (Å²) < 4.78 is 5.12. The SMILES string of the molecule is CC[C@H](C)[C@H](NC(=O)[C@H](COP(O)(=S)S)NC(C)=O)C(=O)N[C@H](C(=O)N1CCC[C@H]1C(=O)N[C@@H](CC(C)C)C(=O)N1CCC[C@H]1C(=O)NCC(N)=O)[C@@H](C)CC. The summed E-state index contributed by atoms with van der Waals surface area (Å²) in [5.41, 5.74) is 1.69. The van der Waals surface area contributed by atoms with Crippen molar-refractivity contribution in [3.05, 3.63) is 0 Å². The summed E-state index contributed by atoms with van der Waals surface area (Å²) in [5, 5.41) is 13.2. The van der Waals surface area contributed by atoms with E-state index in [1.807, 2.05) is 27.7 Å². The van der Waals surface area contributed by atoms with Gasteiger partial charge in [-0.1, -0.05) is 66.6 Å². The predicted molar refractivity (Wildman–Crippen MR) is 215 cm³/mol. The predicted octanol–water partition coefficient (Wildman–Crippen LogP) is -0.169. The second kappa shape index (κ2) is 22.6. The van der Waals surface area contributed by atoms with Gasteiger partial charge in [0.15, 0.2) is 0 Å². The van der Waals surface area contributed by atoms with Crippen molar-refractivity contribution in [3.63, 3.8) is 0 Å². The number of nitrogens with zero attached hydrogens (tertiary/aromatic N) is 2. The molecule has 0 aromatic carbocycles. The molecule has 18 nitrogen and oxygen atoms in total. The Bertz CT molecular complexity index is 1500. The molecule has 2 aliphatic rings. The molecule has 0 aliphatic carbocycles. The van der Waals surface area contributed by atoms with Gasteiger partial charge in [0.1, 0.15) is 36.3 Å². The highest BCUT2D eigenvalue weighted by Gasteiger charge is 2.43. The van der Waals surface area contributed by atoms with E-state index in [9.17, 15) is 43.2 Å². The normalized spacial score (nSPS) is 21.1. The Hall–Kier alpha value is -3.32. The van der Waals surface area contributed by atoms with Crippen molar-refractivity contribution < 1.29 is 47.8 Å². The molecule has 2 saturated heterocycles. The van der Waals surface area contributed by atoms with Crippen molar-refractivity contribution >= 4 is 77.0 Å². The molecule has 8 N–H and O–H groups in total. The van der Waals surface area contributed by atoms with Gasteiger partial charge in [0.05, 0.1) is 13.2 Å². The van der Waals surface area contributed by atoms with Crippen LogP contribution in [-0.2, 0) is 54.7 Å². The van der Waals surface area contributed by atoms with Crippen molar-refractivity contribution in [1.82, 2.24) is 36.4 Å². The van der Waals surface area contributed by atoms with E-state index in [1.165, 1.54) is 16.7 Å². The van der Waals surface area contributed by atoms with Crippen LogP contribution in [0.1, 0.15) is 93.4 Å². The van der Waals surface area contributed by atoms with E-state index in [4.69, 9.17) is 22.1 Å². The highest BCUT2D eigenvalue weighted by molar-refractivity contribution is 8.59. The zero-order chi connectivity index (χ0) is 42.5. The summed E-state index contributed by atoms with van der Waals surface area (Å²) in [6, 6.07) is -6.30. The van der Waals surface area contributed by atoms with Gasteiger partial charge in [0.2, 0.25) is 53.0 Å². The fourth-order valence-corrected chi connectivity index (χ4v) is 7.45. The molecule has 0 aromatic rings. The van der Waals surface area contributed by atoms with Gasteiger partial charge in [-0.2, -0.15) is 0 Å². The van der Waals surface area contributed by atoms with Crippen LogP contribution >= 0.6 is 17.9 Å². The third-order valence-electron chi connectivity index (χ3n) is 10.1. The van der Waals surface area contributed by atoms with E-state index in [-0.39, 0.29) is 32.0 Å². The number of carbonyl (C=O) groups excluding carboxylic acids is 8. The van der Waals surface area contributed by atoms with Gasteiger partial charge in [0.25, 0.3) is 0 Å². The number of nitrogens with two attached hydrogens (primary N) is 1. The molecule has 2 rings (SSSR count). The van der Waals surface area contributed by atoms with Crippen molar-refractivity contribution in [3.8, 4) is 0 Å². The number of nitrogens with one attached hydrogen (secondary N) is 5. The lowest BCUT2D eigenvalue weighted by atomic mass is 9.94. The lowest BCUT2D eigenvalue weighted by molar-refractivity contribution is -0.145. The van der Waals surface area contributed by atoms with Gasteiger partial charge in [-0.25, -0.2) is 0 Å². The van der Waals surface area contributed by atoms with Crippen LogP contribution in [0, 0.1) is 17.8 Å². The first-order valence-electron chi connectivity index (χ1n) is 19.2. The third kappa shape index (κ3) is 14.9. The topological polar surface area (TPSA) is 259 Å². The molecule has 2 aliphatic heterocycles. The zero-order valence-corrected chi connectivity index (χ0v) is 36.0. The molecule has 2 fully saturated rings. The highest BCUT2D eigenvalue weighted by atomic mass is 32.9. The lowest BCUT2D eigenvalue weighted by Gasteiger charge is -2.34. The molecule has 318 valence electrons. The summed E-state index contributed by atoms with van der Waals surface area (Å²) in [6.07, 6.45) is 2.95. The smallest absolute Gasteiger partial charge is 0.246 e. The van der Waals surface area contributed by atoms with E-state index in [1.54, 1.807) is 13.8 Å². The Balaban J connectivity index is 2.30. The first kappa shape index (κ1) is 48.8. The number of thiol groups is 1. The van der Waals surface area contributed by atoms with Gasteiger partial charge in [0, 0.05) is 20.0 Å². The van der Waals surface area contributed by atoms with Crippen molar-refractivity contribution in [1.29, 1.82) is 0 Å². The number of likely N-dealkylation sites (tertiary alicyclic amines) is 2. The van der Waals surface area contributed by atoms with Crippen LogP contribution in [0.15, 0.2) is 0 Å². The zero-order valence-electron chi connectivity index (χ0n) is 33.4. The average Bonchev–Trinajstić information content (AvgIpc) is 3.82. The Morgan fingerprint density at radius 1 is 0.804 bits per heavy atom. The summed E-state index contributed by atoms with van der Waals surface area (Å²) >= 11 is 8.57. The van der Waals surface area contributed by atoms with Gasteiger partial charge in [-0.05, 0) is 61.7 Å². The Labute approximate surface area is 339 Å². The maximum absolute atomic E-state index is 14.3. The van der Waals surface area contributed by atoms with E-state index in [2.05, 4.69) is 38.8 Å². The molecule has 0 saturated carbocycles. The van der Waals surface area contributed by atoms with Gasteiger partial charge < -0.3 is 51.5 Å². The van der Waals surface area contributed by atoms with E-state index in [0.29, 0.717) is 38.5 Å². The molecule has 2 heterocycles. The fraction of sp³-hybridized carbons (Fsp3) is 0.771. The second-order valence-electron chi connectivity index (χ2n) is 15.0. The molecular formula is C35H61N8O10PS2. The molecule has 1 unspecified atom stereocenters. The van der Waals surface area contributed by atoms with Crippen LogP contribution in [0.4, 0.5) is 0 Å². The first-order valence-corrected chi connectivity index (χ1v) is 23.0. The van der Waals surface area contributed by atoms with E-state index < -0.39 is 108 Å². The van der Waals surface area contributed by atoms with Crippen molar-refractivity contribution in [2.45, 2.75) is 130 Å². The number of amides is 8. The molecule has 0 aromatic heterocycles. The van der Waals surface area contributed by atoms with Gasteiger partial charge in [-0.3, -0.25) is 38.4 Å². The lowest BCUT2D eigenvalue weighted by Crippen LogP contribution is -2.61. The van der Waals surface area contributed by atoms with Gasteiger partial charge >= 0.3 is 0 Å². The quantitative estimate of drug-likeness (QED) is 0.0556. The van der Waals surface area contributed by atoms with Crippen LogP contribution in [0.2, 0.25) is 0 Å².